The number of nitrogens with zero attached hydrogens (tertiary/aromatic N) is 2. The van der Waals surface area contributed by atoms with E-state index in [1.165, 1.54) is 25.1 Å². The van der Waals surface area contributed by atoms with Crippen molar-refractivity contribution in [1.82, 2.24) is 14.8 Å². The number of carbonyl (C=O) groups is 1. The molecule has 11 heteroatoms. The number of halogens is 5. The molecule has 38 heavy (non-hydrogen) atoms. The molecule has 2 aromatic rings. The van der Waals surface area contributed by atoms with Gasteiger partial charge in [-0.2, -0.15) is 0 Å². The molecule has 0 radical (unpaired) electrons. The maximum absolute atomic E-state index is 14.7. The van der Waals surface area contributed by atoms with E-state index in [9.17, 15) is 31.5 Å². The molecule has 1 aromatic carbocycles. The normalized spacial score (nSPS) is 22.5. The van der Waals surface area contributed by atoms with Crippen molar-refractivity contribution in [2.45, 2.75) is 81.5 Å². The Morgan fingerprint density at radius 3 is 2.39 bits per heavy atom. The molecule has 1 spiro atoms. The fourth-order valence-electron chi connectivity index (χ4n) is 5.67. The third-order valence-corrected chi connectivity index (χ3v) is 8.49. The number of hydrogen-bond acceptors (Lipinski definition) is 4. The van der Waals surface area contributed by atoms with Gasteiger partial charge in [0.05, 0.1) is 22.9 Å². The minimum absolute atomic E-state index is 0.0296. The smallest absolute Gasteiger partial charge is 0.266 e. The second kappa shape index (κ2) is 9.66. The van der Waals surface area contributed by atoms with E-state index in [0.717, 1.165) is 49.1 Å². The molecule has 2 atom stereocenters. The summed E-state index contributed by atoms with van der Waals surface area (Å²) in [6.07, 6.45) is -0.727. The number of rotatable bonds is 8. The van der Waals surface area contributed by atoms with E-state index in [2.05, 4.69) is 22.6 Å². The van der Waals surface area contributed by atoms with Gasteiger partial charge in [0, 0.05) is 36.0 Å². The van der Waals surface area contributed by atoms with Crippen LogP contribution in [-0.4, -0.2) is 47.0 Å². The van der Waals surface area contributed by atoms with Crippen molar-refractivity contribution in [1.29, 1.82) is 0 Å². The Labute approximate surface area is 217 Å². The van der Waals surface area contributed by atoms with Crippen LogP contribution in [0.15, 0.2) is 35.3 Å². The zero-order valence-corrected chi connectivity index (χ0v) is 21.2. The zero-order chi connectivity index (χ0) is 27.4. The van der Waals surface area contributed by atoms with Crippen LogP contribution in [0.4, 0.5) is 27.6 Å². The standard InChI is InChI=1S/C27H31F5N4O2/c1-15(17-4-3-5-18(22(17)28)23(29)30)33-24(38)19-14-36(27(9-10-27)25(31)32)21(37)12-20(19)34-16-6-11-35(2)26(13-16)7-8-26/h3-5,12,14-16,23,25,34H,6-11,13H2,1-2H3,(H,33,38)/t15?,16-/m1/s1. The molecule has 2 aliphatic carbocycles. The van der Waals surface area contributed by atoms with Gasteiger partial charge in [-0.25, -0.2) is 22.0 Å². The van der Waals surface area contributed by atoms with Crippen LogP contribution in [0.3, 0.4) is 0 Å². The molecule has 1 aromatic heterocycles. The summed E-state index contributed by atoms with van der Waals surface area (Å²) >= 11 is 0. The van der Waals surface area contributed by atoms with Gasteiger partial charge in [0.15, 0.2) is 0 Å². The van der Waals surface area contributed by atoms with Crippen molar-refractivity contribution in [3.05, 3.63) is 63.3 Å². The number of pyridine rings is 1. The molecule has 1 amide bonds. The molecule has 2 saturated carbocycles. The summed E-state index contributed by atoms with van der Waals surface area (Å²) in [7, 11) is 2.08. The van der Waals surface area contributed by atoms with Crippen LogP contribution < -0.4 is 16.2 Å². The lowest BCUT2D eigenvalue weighted by Crippen LogP contribution is -2.46. The Morgan fingerprint density at radius 1 is 1.11 bits per heavy atom. The van der Waals surface area contributed by atoms with Crippen molar-refractivity contribution >= 4 is 11.6 Å². The van der Waals surface area contributed by atoms with Crippen LogP contribution in [0.2, 0.25) is 0 Å². The van der Waals surface area contributed by atoms with Crippen LogP contribution in [-0.2, 0) is 5.54 Å². The molecule has 1 saturated heterocycles. The summed E-state index contributed by atoms with van der Waals surface area (Å²) in [5.41, 5.74) is -2.91. The summed E-state index contributed by atoms with van der Waals surface area (Å²) in [5.74, 6) is -1.84. The number of hydrogen-bond donors (Lipinski definition) is 2. The molecule has 2 N–H and O–H groups in total. The summed E-state index contributed by atoms with van der Waals surface area (Å²) in [4.78, 5) is 28.7. The molecule has 1 unspecified atom stereocenters. The Kier molecular flexibility index (Phi) is 6.77. The number of alkyl halides is 4. The minimum Gasteiger partial charge on any atom is -0.381 e. The molecule has 1 aliphatic heterocycles. The second-order valence-electron chi connectivity index (χ2n) is 10.9. The number of carbonyl (C=O) groups excluding carboxylic acids is 1. The highest BCUT2D eigenvalue weighted by atomic mass is 19.3. The molecule has 2 heterocycles. The van der Waals surface area contributed by atoms with Gasteiger partial charge in [-0.15, -0.1) is 0 Å². The van der Waals surface area contributed by atoms with Crippen LogP contribution in [0.1, 0.15) is 79.4 Å². The van der Waals surface area contributed by atoms with Crippen LogP contribution >= 0.6 is 0 Å². The summed E-state index contributed by atoms with van der Waals surface area (Å²) in [6.45, 7) is 2.28. The number of likely N-dealkylation sites (tertiary alicyclic amines) is 1. The predicted molar refractivity (Wildman–Crippen MR) is 132 cm³/mol. The topological polar surface area (TPSA) is 66.4 Å². The number of piperidine rings is 1. The first-order valence-corrected chi connectivity index (χ1v) is 12.9. The van der Waals surface area contributed by atoms with Crippen molar-refractivity contribution in [2.24, 2.45) is 0 Å². The first-order valence-electron chi connectivity index (χ1n) is 12.9. The molecule has 3 fully saturated rings. The molecule has 0 bridgehead atoms. The van der Waals surface area contributed by atoms with Gasteiger partial charge >= 0.3 is 0 Å². The molecule has 206 valence electrons. The average molecular weight is 539 g/mol. The second-order valence-corrected chi connectivity index (χ2v) is 10.9. The highest BCUT2D eigenvalue weighted by Gasteiger charge is 2.54. The van der Waals surface area contributed by atoms with Crippen molar-refractivity contribution in [3.8, 4) is 0 Å². The minimum atomic E-state index is -3.02. The zero-order valence-electron chi connectivity index (χ0n) is 21.2. The van der Waals surface area contributed by atoms with E-state index in [0.29, 0.717) is 0 Å². The third kappa shape index (κ3) is 4.69. The number of benzene rings is 1. The molecular weight excluding hydrogens is 507 g/mol. The van der Waals surface area contributed by atoms with E-state index in [-0.39, 0.29) is 41.2 Å². The van der Waals surface area contributed by atoms with Gasteiger partial charge in [-0.3, -0.25) is 9.59 Å². The van der Waals surface area contributed by atoms with Gasteiger partial charge in [0.25, 0.3) is 24.3 Å². The molecule has 6 nitrogen and oxygen atoms in total. The Bertz CT molecular complexity index is 1290. The van der Waals surface area contributed by atoms with E-state index < -0.39 is 47.3 Å². The Hall–Kier alpha value is -2.95. The van der Waals surface area contributed by atoms with Crippen molar-refractivity contribution < 1.29 is 26.7 Å². The lowest BCUT2D eigenvalue weighted by atomic mass is 9.95. The van der Waals surface area contributed by atoms with Gasteiger partial charge < -0.3 is 20.1 Å². The van der Waals surface area contributed by atoms with Gasteiger partial charge in [-0.05, 0) is 52.5 Å². The van der Waals surface area contributed by atoms with Gasteiger partial charge in [-0.1, -0.05) is 18.2 Å². The lowest BCUT2D eigenvalue weighted by Gasteiger charge is -2.38. The van der Waals surface area contributed by atoms with E-state index in [4.69, 9.17) is 0 Å². The third-order valence-electron chi connectivity index (χ3n) is 8.49. The fraction of sp³-hybridized carbons (Fsp3) is 0.556. The van der Waals surface area contributed by atoms with Crippen LogP contribution in [0.25, 0.3) is 0 Å². The first kappa shape index (κ1) is 26.6. The summed E-state index contributed by atoms with van der Waals surface area (Å²) in [6, 6.07) is 3.70. The first-order chi connectivity index (χ1) is 18.0. The SMILES string of the molecule is CC(NC(=O)c1cn(C2(C(F)F)CC2)c(=O)cc1N[C@@H]1CCN(C)C2(CC2)C1)c1cccc(C(F)F)c1F. The van der Waals surface area contributed by atoms with E-state index >= 15 is 0 Å². The Morgan fingerprint density at radius 2 is 1.79 bits per heavy atom. The summed E-state index contributed by atoms with van der Waals surface area (Å²) < 4.78 is 69.8. The number of aromatic nitrogens is 1. The van der Waals surface area contributed by atoms with Crippen molar-refractivity contribution in [3.63, 3.8) is 0 Å². The van der Waals surface area contributed by atoms with Crippen LogP contribution in [0.5, 0.6) is 0 Å². The average Bonchev–Trinajstić information content (AvgIpc) is 3.78. The lowest BCUT2D eigenvalue weighted by molar-refractivity contribution is 0.0648. The molecule has 5 rings (SSSR count). The summed E-state index contributed by atoms with van der Waals surface area (Å²) in [5, 5.41) is 5.91. The van der Waals surface area contributed by atoms with Gasteiger partial charge in [0.1, 0.15) is 11.4 Å². The Balaban J connectivity index is 1.46. The highest BCUT2D eigenvalue weighted by molar-refractivity contribution is 5.99. The fourth-order valence-corrected chi connectivity index (χ4v) is 5.67. The van der Waals surface area contributed by atoms with Gasteiger partial charge in [0.2, 0.25) is 0 Å². The maximum Gasteiger partial charge on any atom is 0.266 e. The number of anilines is 1. The monoisotopic (exact) mass is 538 g/mol. The quantitative estimate of drug-likeness (QED) is 0.453. The maximum atomic E-state index is 14.7. The van der Waals surface area contributed by atoms with Crippen molar-refractivity contribution in [2.75, 3.05) is 18.9 Å². The number of amides is 1. The molecular formula is C27H31F5N4O2. The van der Waals surface area contributed by atoms with Crippen LogP contribution in [0, 0.1) is 5.82 Å². The number of nitrogens with one attached hydrogen (secondary N) is 2. The molecule has 3 aliphatic rings. The predicted octanol–water partition coefficient (Wildman–Crippen LogP) is 5.21. The van der Waals surface area contributed by atoms with E-state index in [1.54, 1.807) is 0 Å². The largest absolute Gasteiger partial charge is 0.381 e. The highest BCUT2D eigenvalue weighted by Crippen LogP contribution is 2.49. The van der Waals surface area contributed by atoms with E-state index in [1.807, 2.05) is 0 Å².